The van der Waals surface area contributed by atoms with Gasteiger partial charge in [0, 0.05) is 0 Å². The summed E-state index contributed by atoms with van der Waals surface area (Å²) in [5.74, 6) is -1.32. The maximum absolute atomic E-state index is 13.6. The molecule has 268 valence electrons. The Labute approximate surface area is 345 Å². The van der Waals surface area contributed by atoms with Crippen molar-refractivity contribution in [1.29, 1.82) is 0 Å². The molecule has 14 heteroatoms. The van der Waals surface area contributed by atoms with Gasteiger partial charge in [0.15, 0.2) is 34.7 Å². The van der Waals surface area contributed by atoms with Crippen LogP contribution in [-0.2, 0) is 0 Å². The van der Waals surface area contributed by atoms with Gasteiger partial charge in [-0.15, -0.1) is 23.9 Å². The number of benzene rings is 3. The average molecular weight is 828 g/mol. The molecule has 50 heavy (non-hydrogen) atoms. The molecule has 0 amide bonds. The summed E-state index contributed by atoms with van der Waals surface area (Å²) in [6.45, 7) is 18.6. The zero-order chi connectivity index (χ0) is 37.2. The van der Waals surface area contributed by atoms with E-state index in [1.54, 1.807) is 20.8 Å². The van der Waals surface area contributed by atoms with Gasteiger partial charge in [0.05, 0.1) is 35.4 Å². The second-order valence-corrected chi connectivity index (χ2v) is 21.9. The Morgan fingerprint density at radius 1 is 0.580 bits per heavy atom. The molecule has 3 aromatic rings. The van der Waals surface area contributed by atoms with Gasteiger partial charge in [0.1, 0.15) is 16.1 Å². The molecule has 0 saturated carbocycles. The summed E-state index contributed by atoms with van der Waals surface area (Å²) in [6.07, 6.45) is 10.1. The summed E-state index contributed by atoms with van der Waals surface area (Å²) in [7, 11) is -2.69. The fraction of sp³-hybridized carbons (Fsp3) is 0.333. The van der Waals surface area contributed by atoms with Crippen LogP contribution >= 0.6 is 15.9 Å². The molecule has 4 nitrogen and oxygen atoms in total. The van der Waals surface area contributed by atoms with Crippen LogP contribution in [0.1, 0.15) is 31.9 Å². The van der Waals surface area contributed by atoms with Gasteiger partial charge in [-0.3, -0.25) is 0 Å². The Bertz CT molecular complexity index is 1650. The van der Waals surface area contributed by atoms with Crippen molar-refractivity contribution >= 4 is 32.1 Å². The Morgan fingerprint density at radius 2 is 0.920 bits per heavy atom. The molecule has 3 rings (SSSR count). The first-order valence-corrected chi connectivity index (χ1v) is 22.5. The normalized spacial score (nSPS) is 9.72. The van der Waals surface area contributed by atoms with E-state index in [4.69, 9.17) is 27.1 Å². The number of rotatable bonds is 6. The third-order valence-electron chi connectivity index (χ3n) is 5.15. The number of hydrogen-bond acceptors (Lipinski definition) is 4. The molecule has 0 aliphatic heterocycles. The van der Waals surface area contributed by atoms with Crippen LogP contribution in [0.4, 0.5) is 26.3 Å². The van der Waals surface area contributed by atoms with Crippen LogP contribution in [0.5, 0.6) is 17.2 Å². The molecular weight excluding hydrogens is 786 g/mol. The topological polar surface area (TPSA) is 57.7 Å². The molecule has 0 saturated heterocycles. The smallest absolute Gasteiger partial charge is 0.870 e. The molecular formula is C36H42BrF6KO4Si2. The zero-order valence-corrected chi connectivity index (χ0v) is 36.8. The maximum atomic E-state index is 13.6. The zero-order valence-electron chi connectivity index (χ0n) is 30.1. The van der Waals surface area contributed by atoms with Crippen molar-refractivity contribution < 1.29 is 97.4 Å². The number of halogens is 7. The second-order valence-electron chi connectivity index (χ2n) is 11.5. The molecule has 0 atom stereocenters. The first-order chi connectivity index (χ1) is 22.3. The van der Waals surface area contributed by atoms with E-state index >= 15 is 0 Å². The number of hydrogen-bond donors (Lipinski definition) is 0. The standard InChI is InChI=1S/C13H16F2OSi.C10H8F2O.C8H7BrF2O.C5H10Si.K.H2O/c1-5-16-11-7-6-10(12(14)13(11)15)8-9-17(2,3)4;1-3-7-5-6-8(13-4-2)10(12)9(7)11;1-2-12-6-4-3-5(9)7(10)8(6)11;1-5-6(2,3)4;;/h6-7H,5H2,1-4H3;1,5-6H,4H2,2H3;3-4H,2H2,1H3;1H,2-4H3;;1H2/q;;;;+1;/p-1. The second kappa shape index (κ2) is 25.7. The number of terminal acetylenes is 2. The molecule has 0 aromatic heterocycles. The monoisotopic (exact) mass is 826 g/mol. The third-order valence-corrected chi connectivity index (χ3v) is 7.51. The van der Waals surface area contributed by atoms with E-state index in [-0.39, 0.29) is 96.3 Å². The predicted octanol–water partition coefficient (Wildman–Crippen LogP) is 7.39. The van der Waals surface area contributed by atoms with Gasteiger partial charge in [0.25, 0.3) is 0 Å². The summed E-state index contributed by atoms with van der Waals surface area (Å²) in [5, 5.41) is 0. The molecule has 0 fully saturated rings. The molecule has 1 N–H and O–H groups in total. The quantitative estimate of drug-likeness (QED) is 0.113. The average Bonchev–Trinajstić information content (AvgIpc) is 3.02. The summed E-state index contributed by atoms with van der Waals surface area (Å²) in [6, 6.07) is 8.28. The van der Waals surface area contributed by atoms with Crippen molar-refractivity contribution in [2.24, 2.45) is 0 Å². The van der Waals surface area contributed by atoms with Gasteiger partial charge >= 0.3 is 51.4 Å². The summed E-state index contributed by atoms with van der Waals surface area (Å²) in [4.78, 5) is 0. The molecule has 0 aliphatic rings. The molecule has 0 aliphatic carbocycles. The SMILES string of the molecule is C#C[Si](C)(C)C.C#Cc1ccc(OCC)c(F)c1F.CCOc1ccc(Br)c(F)c1F.CCOc1ccc(C#C[Si](C)(C)C)c(F)c1F.[K+].[OH-]. The van der Waals surface area contributed by atoms with Crippen LogP contribution in [0, 0.1) is 70.7 Å². The Morgan fingerprint density at radius 3 is 1.26 bits per heavy atom. The fourth-order valence-electron chi connectivity index (χ4n) is 2.84. The first-order valence-electron chi connectivity index (χ1n) is 14.7. The van der Waals surface area contributed by atoms with Crippen LogP contribution in [-0.4, -0.2) is 41.4 Å². The summed E-state index contributed by atoms with van der Waals surface area (Å²) < 4.78 is 93.6. The minimum atomic E-state index is -1.59. The van der Waals surface area contributed by atoms with Gasteiger partial charge in [-0.05, 0) is 73.1 Å². The van der Waals surface area contributed by atoms with E-state index in [0.29, 0.717) is 13.2 Å². The van der Waals surface area contributed by atoms with E-state index < -0.39 is 51.1 Å². The molecule has 0 spiro atoms. The van der Waals surface area contributed by atoms with E-state index in [2.05, 4.69) is 52.6 Å². The van der Waals surface area contributed by atoms with Gasteiger partial charge < -0.3 is 19.7 Å². The van der Waals surface area contributed by atoms with Crippen LogP contribution in [0.25, 0.3) is 0 Å². The van der Waals surface area contributed by atoms with Crippen molar-refractivity contribution in [3.8, 4) is 53.0 Å². The molecule has 3 aromatic carbocycles. The Balaban J connectivity index is -0.000000609. The maximum Gasteiger partial charge on any atom is 1.00 e. The van der Waals surface area contributed by atoms with Crippen molar-refractivity contribution in [3.05, 3.63) is 86.9 Å². The van der Waals surface area contributed by atoms with Crippen LogP contribution in [0.2, 0.25) is 39.3 Å². The first kappa shape index (κ1) is 52.2. The van der Waals surface area contributed by atoms with E-state index in [0.717, 1.165) is 0 Å². The van der Waals surface area contributed by atoms with E-state index in [9.17, 15) is 26.3 Å². The minimum Gasteiger partial charge on any atom is -0.870 e. The van der Waals surface area contributed by atoms with Gasteiger partial charge in [-0.1, -0.05) is 51.1 Å². The van der Waals surface area contributed by atoms with Gasteiger partial charge in [-0.25, -0.2) is 13.2 Å². The molecule has 0 unspecified atom stereocenters. The van der Waals surface area contributed by atoms with E-state index in [1.165, 1.54) is 36.4 Å². The minimum absolute atomic E-state index is 0. The Hall–Kier alpha value is -2.17. The third kappa shape index (κ3) is 19.4. The van der Waals surface area contributed by atoms with Crippen molar-refractivity contribution in [1.82, 2.24) is 0 Å². The van der Waals surface area contributed by atoms with Gasteiger partial charge in [0.2, 0.25) is 17.5 Å². The van der Waals surface area contributed by atoms with Gasteiger partial charge in [-0.2, -0.15) is 13.2 Å². The van der Waals surface area contributed by atoms with E-state index in [1.807, 2.05) is 25.6 Å². The summed E-state index contributed by atoms with van der Waals surface area (Å²) >= 11 is 2.86. The largest absolute Gasteiger partial charge is 1.00 e. The van der Waals surface area contributed by atoms with Crippen LogP contribution in [0.3, 0.4) is 0 Å². The van der Waals surface area contributed by atoms with Crippen molar-refractivity contribution in [3.63, 3.8) is 0 Å². The van der Waals surface area contributed by atoms with Crippen molar-refractivity contribution in [2.45, 2.75) is 60.1 Å². The fourth-order valence-corrected chi connectivity index (χ4v) is 3.65. The van der Waals surface area contributed by atoms with Crippen LogP contribution < -0.4 is 65.6 Å². The summed E-state index contributed by atoms with van der Waals surface area (Å²) in [5.41, 5.74) is 5.74. The van der Waals surface area contributed by atoms with Crippen molar-refractivity contribution in [2.75, 3.05) is 19.8 Å². The number of ether oxygens (including phenoxy) is 3. The molecule has 0 bridgehead atoms. The predicted molar refractivity (Wildman–Crippen MR) is 193 cm³/mol. The van der Waals surface area contributed by atoms with Crippen LogP contribution in [0.15, 0.2) is 40.9 Å². The Kier molecular flexibility index (Phi) is 26.9. The molecule has 0 radical (unpaired) electrons. The molecule has 0 heterocycles.